The lowest BCUT2D eigenvalue weighted by molar-refractivity contribution is -0.0763. The summed E-state index contributed by atoms with van der Waals surface area (Å²) in [5.74, 6) is 0.821. The summed E-state index contributed by atoms with van der Waals surface area (Å²) in [6.07, 6.45) is -1.01. The van der Waals surface area contributed by atoms with E-state index in [1.807, 2.05) is 30.3 Å². The quantitative estimate of drug-likeness (QED) is 0.626. The van der Waals surface area contributed by atoms with Crippen molar-refractivity contribution in [2.75, 3.05) is 19.5 Å². The molecule has 1 unspecified atom stereocenters. The molecule has 0 fully saturated rings. The van der Waals surface area contributed by atoms with Crippen LogP contribution in [0.1, 0.15) is 17.4 Å². The monoisotopic (exact) mass is 283 g/mol. The van der Waals surface area contributed by atoms with Gasteiger partial charge in [-0.1, -0.05) is 29.7 Å². The largest absolute Gasteiger partial charge is 0.497 e. The molecule has 2 N–H and O–H groups in total. The second kappa shape index (κ2) is 7.15. The normalized spacial score (nSPS) is 12.0. The van der Waals surface area contributed by atoms with Gasteiger partial charge in [0, 0.05) is 24.9 Å². The summed E-state index contributed by atoms with van der Waals surface area (Å²) in [6.45, 7) is 0.622. The highest BCUT2D eigenvalue weighted by Crippen LogP contribution is 2.23. The van der Waals surface area contributed by atoms with Gasteiger partial charge in [-0.15, -0.1) is 0 Å². The molecule has 0 amide bonds. The summed E-state index contributed by atoms with van der Waals surface area (Å²) in [5, 5.41) is 13.1. The van der Waals surface area contributed by atoms with Crippen LogP contribution in [0.25, 0.3) is 0 Å². The van der Waals surface area contributed by atoms with Crippen LogP contribution in [0.4, 0.5) is 5.69 Å². The lowest BCUT2D eigenvalue weighted by Crippen LogP contribution is -2.12. The van der Waals surface area contributed by atoms with Crippen LogP contribution in [0.15, 0.2) is 42.5 Å². The molecule has 2 aromatic rings. The van der Waals surface area contributed by atoms with Crippen molar-refractivity contribution in [3.05, 3.63) is 53.6 Å². The summed E-state index contributed by atoms with van der Waals surface area (Å²) >= 11 is 0. The SMILES string of the molecule is [B]c1ccc(NCc2ccc(OC)cc2)c(C(O)OC)c1. The fraction of sp³-hybridized carbons (Fsp3) is 0.250. The van der Waals surface area contributed by atoms with E-state index in [-0.39, 0.29) is 0 Å². The Morgan fingerprint density at radius 3 is 2.48 bits per heavy atom. The molecule has 0 spiro atoms. The van der Waals surface area contributed by atoms with Crippen molar-refractivity contribution < 1.29 is 14.6 Å². The standard InChI is InChI=1S/C16H18BNO3/c1-20-13-6-3-11(4-7-13)10-18-15-8-5-12(17)9-14(15)16(19)21-2/h3-9,16,18-19H,10H2,1-2H3. The number of hydrogen-bond acceptors (Lipinski definition) is 4. The first-order valence-corrected chi connectivity index (χ1v) is 6.61. The van der Waals surface area contributed by atoms with Gasteiger partial charge in [0.1, 0.15) is 13.6 Å². The number of rotatable bonds is 6. The average Bonchev–Trinajstić information content (AvgIpc) is 2.53. The van der Waals surface area contributed by atoms with Gasteiger partial charge in [-0.05, 0) is 23.8 Å². The number of aliphatic hydroxyl groups is 1. The molecule has 2 aromatic carbocycles. The second-order valence-electron chi connectivity index (χ2n) is 4.64. The van der Waals surface area contributed by atoms with Gasteiger partial charge in [0.25, 0.3) is 0 Å². The van der Waals surface area contributed by atoms with Gasteiger partial charge >= 0.3 is 0 Å². The number of hydrogen-bond donors (Lipinski definition) is 2. The molecule has 1 atom stereocenters. The number of methoxy groups -OCH3 is 2. The molecule has 5 heteroatoms. The number of ether oxygens (including phenoxy) is 2. The zero-order valence-electron chi connectivity index (χ0n) is 12.2. The third-order valence-electron chi connectivity index (χ3n) is 3.21. The number of aliphatic hydroxyl groups excluding tert-OH is 1. The van der Waals surface area contributed by atoms with E-state index < -0.39 is 6.29 Å². The molecular weight excluding hydrogens is 265 g/mol. The average molecular weight is 283 g/mol. The van der Waals surface area contributed by atoms with E-state index in [9.17, 15) is 5.11 Å². The van der Waals surface area contributed by atoms with Crippen LogP contribution in [0.5, 0.6) is 5.75 Å². The Morgan fingerprint density at radius 2 is 1.86 bits per heavy atom. The summed E-state index contributed by atoms with van der Waals surface area (Å²) in [7, 11) is 8.84. The molecule has 0 bridgehead atoms. The van der Waals surface area contributed by atoms with Crippen molar-refractivity contribution in [3.63, 3.8) is 0 Å². The molecule has 0 aliphatic heterocycles. The highest BCUT2D eigenvalue weighted by Gasteiger charge is 2.11. The van der Waals surface area contributed by atoms with Crippen molar-refractivity contribution >= 4 is 19.0 Å². The van der Waals surface area contributed by atoms with Crippen LogP contribution >= 0.6 is 0 Å². The minimum Gasteiger partial charge on any atom is -0.497 e. The smallest absolute Gasteiger partial charge is 0.182 e. The molecule has 0 saturated heterocycles. The lowest BCUT2D eigenvalue weighted by atomic mass is 9.93. The maximum atomic E-state index is 9.87. The fourth-order valence-electron chi connectivity index (χ4n) is 2.01. The lowest BCUT2D eigenvalue weighted by Gasteiger charge is -2.17. The van der Waals surface area contributed by atoms with E-state index in [1.54, 1.807) is 19.2 Å². The number of anilines is 1. The zero-order valence-corrected chi connectivity index (χ0v) is 12.2. The Kier molecular flexibility index (Phi) is 5.25. The van der Waals surface area contributed by atoms with Crippen molar-refractivity contribution in [1.29, 1.82) is 0 Å². The maximum absolute atomic E-state index is 9.87. The van der Waals surface area contributed by atoms with Crippen molar-refractivity contribution in [2.45, 2.75) is 12.8 Å². The summed E-state index contributed by atoms with van der Waals surface area (Å²) in [4.78, 5) is 0. The predicted octanol–water partition coefficient (Wildman–Crippen LogP) is 1.74. The van der Waals surface area contributed by atoms with Gasteiger partial charge < -0.3 is 19.9 Å². The second-order valence-corrected chi connectivity index (χ2v) is 4.64. The van der Waals surface area contributed by atoms with Gasteiger partial charge in [0.2, 0.25) is 0 Å². The first-order chi connectivity index (χ1) is 10.1. The fourth-order valence-corrected chi connectivity index (χ4v) is 2.01. The van der Waals surface area contributed by atoms with Crippen LogP contribution in [0, 0.1) is 0 Å². The van der Waals surface area contributed by atoms with E-state index in [1.165, 1.54) is 7.11 Å². The van der Waals surface area contributed by atoms with Gasteiger partial charge in [-0.2, -0.15) is 0 Å². The van der Waals surface area contributed by atoms with Crippen LogP contribution < -0.4 is 15.5 Å². The van der Waals surface area contributed by atoms with E-state index in [4.69, 9.17) is 17.3 Å². The highest BCUT2D eigenvalue weighted by atomic mass is 16.6. The minimum atomic E-state index is -1.01. The minimum absolute atomic E-state index is 0.580. The summed E-state index contributed by atoms with van der Waals surface area (Å²) in [5.41, 5.74) is 3.09. The zero-order chi connectivity index (χ0) is 15.2. The van der Waals surface area contributed by atoms with E-state index in [0.717, 1.165) is 17.0 Å². The Morgan fingerprint density at radius 1 is 1.14 bits per heavy atom. The molecule has 108 valence electrons. The third kappa shape index (κ3) is 4.00. The summed E-state index contributed by atoms with van der Waals surface area (Å²) < 4.78 is 10.1. The van der Waals surface area contributed by atoms with E-state index >= 15 is 0 Å². The predicted molar refractivity (Wildman–Crippen MR) is 84.1 cm³/mol. The Bertz CT molecular complexity index is 587. The number of benzene rings is 2. The Balaban J connectivity index is 2.11. The van der Waals surface area contributed by atoms with Crippen LogP contribution in [0.2, 0.25) is 0 Å². The third-order valence-corrected chi connectivity index (χ3v) is 3.21. The first-order valence-electron chi connectivity index (χ1n) is 6.61. The topological polar surface area (TPSA) is 50.7 Å². The van der Waals surface area contributed by atoms with Gasteiger partial charge in [0.05, 0.1) is 7.11 Å². The number of nitrogens with one attached hydrogen (secondary N) is 1. The summed E-state index contributed by atoms with van der Waals surface area (Å²) in [6, 6.07) is 13.1. The maximum Gasteiger partial charge on any atom is 0.182 e. The van der Waals surface area contributed by atoms with E-state index in [2.05, 4.69) is 5.32 Å². The molecule has 0 heterocycles. The molecule has 2 rings (SSSR count). The van der Waals surface area contributed by atoms with Crippen molar-refractivity contribution in [3.8, 4) is 5.75 Å². The van der Waals surface area contributed by atoms with Gasteiger partial charge in [-0.25, -0.2) is 0 Å². The molecule has 0 aliphatic rings. The van der Waals surface area contributed by atoms with Crippen molar-refractivity contribution in [2.24, 2.45) is 0 Å². The Hall–Kier alpha value is -1.98. The van der Waals surface area contributed by atoms with E-state index in [0.29, 0.717) is 17.6 Å². The van der Waals surface area contributed by atoms with Crippen LogP contribution in [-0.4, -0.2) is 27.2 Å². The molecular formula is C16H18BNO3. The Labute approximate surface area is 126 Å². The highest BCUT2D eigenvalue weighted by molar-refractivity contribution is 6.32. The molecule has 0 aromatic heterocycles. The van der Waals surface area contributed by atoms with Gasteiger partial charge in [-0.3, -0.25) is 0 Å². The molecule has 0 saturated carbocycles. The first kappa shape index (κ1) is 15.4. The molecule has 2 radical (unpaired) electrons. The van der Waals surface area contributed by atoms with Crippen LogP contribution in [0.3, 0.4) is 0 Å². The molecule has 0 aliphatic carbocycles. The van der Waals surface area contributed by atoms with Crippen LogP contribution in [-0.2, 0) is 11.3 Å². The molecule has 21 heavy (non-hydrogen) atoms. The molecule has 4 nitrogen and oxygen atoms in total. The van der Waals surface area contributed by atoms with Crippen molar-refractivity contribution in [1.82, 2.24) is 0 Å². The van der Waals surface area contributed by atoms with Gasteiger partial charge in [0.15, 0.2) is 6.29 Å².